The number of carbonyl (C=O) groups is 1. The monoisotopic (exact) mass is 392 g/mol. The van der Waals surface area contributed by atoms with Crippen molar-refractivity contribution in [1.82, 2.24) is 9.47 Å². The molecule has 0 saturated carbocycles. The van der Waals surface area contributed by atoms with Crippen molar-refractivity contribution in [2.24, 2.45) is 5.41 Å². The number of rotatable bonds is 7. The van der Waals surface area contributed by atoms with Crippen LogP contribution < -0.4 is 0 Å². The van der Waals surface area contributed by atoms with E-state index >= 15 is 0 Å². The number of hydrogen-bond donors (Lipinski definition) is 0. The van der Waals surface area contributed by atoms with Crippen LogP contribution in [-0.4, -0.2) is 15.4 Å². The third kappa shape index (κ3) is 6.31. The first-order valence-electron chi connectivity index (χ1n) is 10.0. The molecule has 4 heteroatoms. The minimum atomic E-state index is -0.233. The second-order valence-corrected chi connectivity index (χ2v) is 8.73. The van der Waals surface area contributed by atoms with Gasteiger partial charge in [-0.15, -0.1) is 0 Å². The summed E-state index contributed by atoms with van der Waals surface area (Å²) in [7, 11) is 0. The molecule has 0 bridgehead atoms. The van der Waals surface area contributed by atoms with Gasteiger partial charge in [-0.25, -0.2) is 4.39 Å². The highest BCUT2D eigenvalue weighted by atomic mass is 19.1. The van der Waals surface area contributed by atoms with E-state index in [1.807, 2.05) is 41.4 Å². The van der Waals surface area contributed by atoms with E-state index in [9.17, 15) is 9.18 Å². The van der Waals surface area contributed by atoms with E-state index in [1.54, 1.807) is 12.1 Å². The molecular formula is C25H29FN2O. The molecule has 2 aromatic carbocycles. The second kappa shape index (κ2) is 9.08. The highest BCUT2D eigenvalue weighted by molar-refractivity contribution is 5.76. The number of hydrogen-bond acceptors (Lipinski definition) is 1. The van der Waals surface area contributed by atoms with Crippen LogP contribution in [0.2, 0.25) is 0 Å². The van der Waals surface area contributed by atoms with Gasteiger partial charge in [0, 0.05) is 31.4 Å². The summed E-state index contributed by atoms with van der Waals surface area (Å²) in [5.74, 6) is -0.0841. The Labute approximate surface area is 172 Å². The molecule has 0 fully saturated rings. The van der Waals surface area contributed by atoms with Crippen molar-refractivity contribution < 1.29 is 9.18 Å². The minimum absolute atomic E-state index is 0.0673. The van der Waals surface area contributed by atoms with Crippen LogP contribution in [-0.2, 0) is 24.4 Å². The Bertz CT molecular complexity index is 923. The van der Waals surface area contributed by atoms with E-state index in [4.69, 9.17) is 0 Å². The first-order chi connectivity index (χ1) is 13.8. The van der Waals surface area contributed by atoms with Crippen LogP contribution in [0.4, 0.5) is 4.39 Å². The highest BCUT2D eigenvalue weighted by Crippen LogP contribution is 2.22. The molecule has 0 radical (unpaired) electrons. The maximum absolute atomic E-state index is 13.2. The summed E-state index contributed by atoms with van der Waals surface area (Å²) >= 11 is 0. The largest absolute Gasteiger partial charge is 0.345 e. The van der Waals surface area contributed by atoms with Crippen molar-refractivity contribution in [1.29, 1.82) is 0 Å². The first kappa shape index (κ1) is 20.8. The second-order valence-electron chi connectivity index (χ2n) is 8.73. The molecule has 3 nitrogen and oxygen atoms in total. The van der Waals surface area contributed by atoms with Crippen LogP contribution in [0.1, 0.15) is 44.0 Å². The maximum Gasteiger partial charge on any atom is 0.223 e. The van der Waals surface area contributed by atoms with Crippen molar-refractivity contribution in [3.63, 3.8) is 0 Å². The molecule has 0 aliphatic rings. The van der Waals surface area contributed by atoms with Gasteiger partial charge in [0.15, 0.2) is 0 Å². The lowest BCUT2D eigenvalue weighted by Crippen LogP contribution is -2.33. The Balaban J connectivity index is 1.79. The molecule has 0 spiro atoms. The number of aromatic nitrogens is 1. The van der Waals surface area contributed by atoms with Gasteiger partial charge in [0.05, 0.1) is 6.54 Å². The summed E-state index contributed by atoms with van der Waals surface area (Å²) in [6.07, 6.45) is 2.51. The standard InChI is InChI=1S/C25H29FN2O/c1-25(2,3)16-24(29)28(18-20-8-5-4-6-9-20)19-23-10-7-15-27(23)17-21-11-13-22(26)14-12-21/h4-15H,16-19H2,1-3H3. The van der Waals surface area contributed by atoms with Crippen LogP contribution in [0.25, 0.3) is 0 Å². The van der Waals surface area contributed by atoms with Gasteiger partial charge in [0.25, 0.3) is 0 Å². The van der Waals surface area contributed by atoms with E-state index in [1.165, 1.54) is 12.1 Å². The Morgan fingerprint density at radius 2 is 1.59 bits per heavy atom. The van der Waals surface area contributed by atoms with Gasteiger partial charge >= 0.3 is 0 Å². The molecular weight excluding hydrogens is 363 g/mol. The summed E-state index contributed by atoms with van der Waals surface area (Å²) in [5.41, 5.74) is 3.14. The van der Waals surface area contributed by atoms with Crippen LogP contribution in [0.3, 0.4) is 0 Å². The summed E-state index contributed by atoms with van der Waals surface area (Å²) in [4.78, 5) is 15.0. The number of carbonyl (C=O) groups excluding carboxylic acids is 1. The molecule has 1 aromatic heterocycles. The lowest BCUT2D eigenvalue weighted by Gasteiger charge is -2.27. The number of halogens is 1. The third-order valence-corrected chi connectivity index (χ3v) is 4.79. The number of benzene rings is 2. The Kier molecular flexibility index (Phi) is 6.53. The number of amides is 1. The normalized spacial score (nSPS) is 11.4. The molecule has 1 heterocycles. The van der Waals surface area contributed by atoms with Gasteiger partial charge in [0.2, 0.25) is 5.91 Å². The molecule has 0 aliphatic carbocycles. The van der Waals surface area contributed by atoms with Crippen LogP contribution in [0.5, 0.6) is 0 Å². The average molecular weight is 393 g/mol. The molecule has 29 heavy (non-hydrogen) atoms. The van der Waals surface area contributed by atoms with Gasteiger partial charge in [-0.3, -0.25) is 4.79 Å². The molecule has 1 amide bonds. The maximum atomic E-state index is 13.2. The summed E-state index contributed by atoms with van der Waals surface area (Å²) in [5, 5.41) is 0. The summed E-state index contributed by atoms with van der Waals surface area (Å²) in [6.45, 7) is 8.03. The smallest absolute Gasteiger partial charge is 0.223 e. The zero-order valence-corrected chi connectivity index (χ0v) is 17.4. The molecule has 0 atom stereocenters. The zero-order chi connectivity index (χ0) is 20.9. The van der Waals surface area contributed by atoms with E-state index < -0.39 is 0 Å². The molecule has 152 valence electrons. The van der Waals surface area contributed by atoms with Gasteiger partial charge in [-0.05, 0) is 40.8 Å². The predicted molar refractivity (Wildman–Crippen MR) is 115 cm³/mol. The van der Waals surface area contributed by atoms with Crippen molar-refractivity contribution >= 4 is 5.91 Å². The van der Waals surface area contributed by atoms with Crippen LogP contribution in [0, 0.1) is 11.2 Å². The Hall–Kier alpha value is -2.88. The Morgan fingerprint density at radius 3 is 2.24 bits per heavy atom. The zero-order valence-electron chi connectivity index (χ0n) is 17.4. The molecule has 3 rings (SSSR count). The van der Waals surface area contributed by atoms with Gasteiger partial charge < -0.3 is 9.47 Å². The fourth-order valence-corrected chi connectivity index (χ4v) is 3.33. The van der Waals surface area contributed by atoms with E-state index in [0.29, 0.717) is 26.1 Å². The summed E-state index contributed by atoms with van der Waals surface area (Å²) < 4.78 is 15.3. The van der Waals surface area contributed by atoms with Crippen molar-refractivity contribution in [3.8, 4) is 0 Å². The lowest BCUT2D eigenvalue weighted by atomic mass is 9.91. The quantitative estimate of drug-likeness (QED) is 0.511. The Morgan fingerprint density at radius 1 is 0.897 bits per heavy atom. The van der Waals surface area contributed by atoms with Crippen molar-refractivity contribution in [2.75, 3.05) is 0 Å². The predicted octanol–water partition coefficient (Wildman–Crippen LogP) is 5.64. The molecule has 0 aliphatic heterocycles. The fourth-order valence-electron chi connectivity index (χ4n) is 3.33. The SMILES string of the molecule is CC(C)(C)CC(=O)N(Cc1ccccc1)Cc1cccn1Cc1ccc(F)cc1. The molecule has 0 N–H and O–H groups in total. The van der Waals surface area contributed by atoms with Crippen LogP contribution in [0.15, 0.2) is 72.9 Å². The topological polar surface area (TPSA) is 25.2 Å². The molecule has 0 unspecified atom stereocenters. The van der Waals surface area contributed by atoms with Gasteiger partial charge in [-0.2, -0.15) is 0 Å². The minimum Gasteiger partial charge on any atom is -0.345 e. The highest BCUT2D eigenvalue weighted by Gasteiger charge is 2.22. The number of nitrogens with zero attached hydrogens (tertiary/aromatic N) is 2. The molecule has 0 saturated heterocycles. The van der Waals surface area contributed by atoms with E-state index in [2.05, 4.69) is 37.5 Å². The van der Waals surface area contributed by atoms with Gasteiger partial charge in [0.1, 0.15) is 5.82 Å². The average Bonchev–Trinajstić information content (AvgIpc) is 3.09. The van der Waals surface area contributed by atoms with E-state index in [-0.39, 0.29) is 17.1 Å². The summed E-state index contributed by atoms with van der Waals surface area (Å²) in [6, 6.07) is 20.7. The first-order valence-corrected chi connectivity index (χ1v) is 10.0. The van der Waals surface area contributed by atoms with Crippen LogP contribution >= 0.6 is 0 Å². The fraction of sp³-hybridized carbons (Fsp3) is 0.320. The van der Waals surface area contributed by atoms with Crippen molar-refractivity contribution in [3.05, 3.63) is 95.6 Å². The van der Waals surface area contributed by atoms with Crippen molar-refractivity contribution in [2.45, 2.75) is 46.8 Å². The lowest BCUT2D eigenvalue weighted by molar-refractivity contribution is -0.134. The van der Waals surface area contributed by atoms with E-state index in [0.717, 1.165) is 16.8 Å². The third-order valence-electron chi connectivity index (χ3n) is 4.79. The van der Waals surface area contributed by atoms with Gasteiger partial charge in [-0.1, -0.05) is 63.2 Å². The molecule has 3 aromatic rings.